The maximum atomic E-state index is 13.0. The van der Waals surface area contributed by atoms with E-state index in [0.717, 1.165) is 42.0 Å². The van der Waals surface area contributed by atoms with Crippen molar-refractivity contribution >= 4 is 10.1 Å². The maximum absolute atomic E-state index is 13.0. The highest BCUT2D eigenvalue weighted by molar-refractivity contribution is 7.87. The van der Waals surface area contributed by atoms with Gasteiger partial charge in [0.05, 0.1) is 7.11 Å². The summed E-state index contributed by atoms with van der Waals surface area (Å²) < 4.78 is 48.4. The molecule has 3 aromatic rings. The van der Waals surface area contributed by atoms with E-state index in [1.807, 2.05) is 6.07 Å². The molecule has 8 heteroatoms. The van der Waals surface area contributed by atoms with Gasteiger partial charge in [0.25, 0.3) is 0 Å². The standard InChI is InChI=1S/C25H23NO6S/c1-29-22-8-7-16-11-21-19-13-24-23(30-15-31-24)12-17(19)9-10-26(21)14-20(16)25(22)32-33(27,28)18-5-3-2-4-6-18/h2-8,12-13,21H,9-11,14-15H2,1H3. The highest BCUT2D eigenvalue weighted by atomic mass is 32.2. The molecule has 3 aliphatic rings. The molecule has 170 valence electrons. The Balaban J connectivity index is 1.39. The van der Waals surface area contributed by atoms with Gasteiger partial charge in [-0.15, -0.1) is 0 Å². The number of nitrogens with zero attached hydrogens (tertiary/aromatic N) is 1. The molecule has 0 N–H and O–H groups in total. The van der Waals surface area contributed by atoms with Crippen LogP contribution in [-0.2, 0) is 29.5 Å². The van der Waals surface area contributed by atoms with Gasteiger partial charge < -0.3 is 18.4 Å². The molecule has 0 bridgehead atoms. The van der Waals surface area contributed by atoms with Crippen molar-refractivity contribution in [3.05, 3.63) is 76.9 Å². The third-order valence-corrected chi connectivity index (χ3v) is 7.88. The first-order valence-electron chi connectivity index (χ1n) is 10.9. The van der Waals surface area contributed by atoms with Crippen molar-refractivity contribution in [3.63, 3.8) is 0 Å². The zero-order chi connectivity index (χ0) is 22.6. The van der Waals surface area contributed by atoms with Crippen molar-refractivity contribution in [1.29, 1.82) is 0 Å². The van der Waals surface area contributed by atoms with Gasteiger partial charge in [-0.1, -0.05) is 24.3 Å². The van der Waals surface area contributed by atoms with E-state index in [4.69, 9.17) is 18.4 Å². The lowest BCUT2D eigenvalue weighted by Crippen LogP contribution is -2.39. The van der Waals surface area contributed by atoms with Gasteiger partial charge in [0.2, 0.25) is 6.79 Å². The highest BCUT2D eigenvalue weighted by Crippen LogP contribution is 2.47. The third-order valence-electron chi connectivity index (χ3n) is 6.64. The van der Waals surface area contributed by atoms with E-state index in [-0.39, 0.29) is 23.5 Å². The van der Waals surface area contributed by atoms with Gasteiger partial charge in [0.15, 0.2) is 23.0 Å². The molecule has 1 atom stereocenters. The zero-order valence-corrected chi connectivity index (χ0v) is 18.9. The van der Waals surface area contributed by atoms with Gasteiger partial charge in [0, 0.05) is 24.7 Å². The third kappa shape index (κ3) is 3.41. The molecule has 0 aliphatic carbocycles. The van der Waals surface area contributed by atoms with E-state index in [1.54, 1.807) is 24.3 Å². The van der Waals surface area contributed by atoms with Crippen LogP contribution >= 0.6 is 0 Å². The molecule has 0 spiro atoms. The fourth-order valence-corrected chi connectivity index (χ4v) is 5.98. The highest BCUT2D eigenvalue weighted by Gasteiger charge is 2.36. The molecule has 0 amide bonds. The summed E-state index contributed by atoms with van der Waals surface area (Å²) in [4.78, 5) is 2.48. The minimum Gasteiger partial charge on any atom is -0.493 e. The molecule has 7 nitrogen and oxygen atoms in total. The number of benzene rings is 3. The summed E-state index contributed by atoms with van der Waals surface area (Å²) in [5, 5.41) is 0. The van der Waals surface area contributed by atoms with Crippen molar-refractivity contribution in [3.8, 4) is 23.0 Å². The average Bonchev–Trinajstić information content (AvgIpc) is 3.30. The van der Waals surface area contributed by atoms with Crippen molar-refractivity contribution in [2.24, 2.45) is 0 Å². The SMILES string of the molecule is COc1ccc2c(c1OS(=O)(=O)c1ccccc1)CN1CCc3cc4c(cc3C1C2)OCO4. The van der Waals surface area contributed by atoms with Crippen LogP contribution in [0.1, 0.15) is 28.3 Å². The fraction of sp³-hybridized carbons (Fsp3) is 0.280. The normalized spacial score (nSPS) is 18.8. The van der Waals surface area contributed by atoms with Gasteiger partial charge in [-0.3, -0.25) is 4.90 Å². The predicted molar refractivity (Wildman–Crippen MR) is 120 cm³/mol. The summed E-state index contributed by atoms with van der Waals surface area (Å²) >= 11 is 0. The molecule has 0 saturated heterocycles. The summed E-state index contributed by atoms with van der Waals surface area (Å²) in [6.45, 7) is 1.69. The molecule has 3 heterocycles. The van der Waals surface area contributed by atoms with E-state index in [1.165, 1.54) is 30.4 Å². The second-order valence-electron chi connectivity index (χ2n) is 8.43. The number of rotatable bonds is 4. The monoisotopic (exact) mass is 465 g/mol. The minimum absolute atomic E-state index is 0.112. The van der Waals surface area contributed by atoms with Crippen LogP contribution in [0.2, 0.25) is 0 Å². The summed E-state index contributed by atoms with van der Waals surface area (Å²) in [5.41, 5.74) is 4.43. The number of methoxy groups -OCH3 is 1. The summed E-state index contributed by atoms with van der Waals surface area (Å²) in [6, 6.07) is 16.3. The smallest absolute Gasteiger partial charge is 0.339 e. The van der Waals surface area contributed by atoms with Crippen LogP contribution in [-0.4, -0.2) is 33.8 Å². The van der Waals surface area contributed by atoms with E-state index in [9.17, 15) is 8.42 Å². The topological polar surface area (TPSA) is 74.3 Å². The van der Waals surface area contributed by atoms with Crippen LogP contribution in [0.25, 0.3) is 0 Å². The number of fused-ring (bicyclic) bond motifs is 5. The van der Waals surface area contributed by atoms with Crippen LogP contribution in [0.4, 0.5) is 0 Å². The van der Waals surface area contributed by atoms with E-state index < -0.39 is 10.1 Å². The largest absolute Gasteiger partial charge is 0.493 e. The van der Waals surface area contributed by atoms with E-state index in [0.29, 0.717) is 12.3 Å². The molecule has 0 aromatic heterocycles. The lowest BCUT2D eigenvalue weighted by Gasteiger charge is -2.41. The predicted octanol–water partition coefficient (Wildman–Crippen LogP) is 3.85. The molecule has 1 unspecified atom stereocenters. The molecule has 0 fully saturated rings. The van der Waals surface area contributed by atoms with Gasteiger partial charge >= 0.3 is 10.1 Å². The molecule has 3 aliphatic heterocycles. The Morgan fingerprint density at radius 1 is 1.00 bits per heavy atom. The Morgan fingerprint density at radius 2 is 1.79 bits per heavy atom. The van der Waals surface area contributed by atoms with E-state index in [2.05, 4.69) is 17.0 Å². The lowest BCUT2D eigenvalue weighted by molar-refractivity contribution is 0.159. The van der Waals surface area contributed by atoms with Crippen LogP contribution in [0.5, 0.6) is 23.0 Å². The van der Waals surface area contributed by atoms with Crippen molar-refractivity contribution in [2.75, 3.05) is 20.4 Å². The van der Waals surface area contributed by atoms with Gasteiger partial charge in [0.1, 0.15) is 4.90 Å². The second kappa shape index (κ2) is 7.67. The Labute approximate surface area is 192 Å². The second-order valence-corrected chi connectivity index (χ2v) is 9.98. The quantitative estimate of drug-likeness (QED) is 0.542. The number of hydrogen-bond donors (Lipinski definition) is 0. The number of ether oxygens (including phenoxy) is 3. The molecule has 0 radical (unpaired) electrons. The summed E-state index contributed by atoms with van der Waals surface area (Å²) in [6.07, 6.45) is 1.63. The minimum atomic E-state index is -3.99. The Morgan fingerprint density at radius 3 is 2.58 bits per heavy atom. The first-order valence-corrected chi connectivity index (χ1v) is 12.3. The van der Waals surface area contributed by atoms with Crippen molar-refractivity contribution < 1.29 is 26.8 Å². The zero-order valence-electron chi connectivity index (χ0n) is 18.1. The fourth-order valence-electron chi connectivity index (χ4n) is 4.99. The molecule has 33 heavy (non-hydrogen) atoms. The van der Waals surface area contributed by atoms with Gasteiger partial charge in [-0.25, -0.2) is 0 Å². The lowest BCUT2D eigenvalue weighted by atomic mass is 9.83. The Hall–Kier alpha value is -3.23. The number of hydrogen-bond acceptors (Lipinski definition) is 7. The van der Waals surface area contributed by atoms with Gasteiger partial charge in [-0.05, 0) is 59.9 Å². The molecule has 3 aromatic carbocycles. The summed E-state index contributed by atoms with van der Waals surface area (Å²) in [7, 11) is -2.47. The molecular formula is C25H23NO6S. The Bertz CT molecular complexity index is 1340. The molecule has 0 saturated carbocycles. The molecular weight excluding hydrogens is 442 g/mol. The maximum Gasteiger partial charge on any atom is 0.339 e. The average molecular weight is 466 g/mol. The van der Waals surface area contributed by atoms with Crippen molar-refractivity contribution in [1.82, 2.24) is 4.90 Å². The Kier molecular flexibility index (Phi) is 4.74. The van der Waals surface area contributed by atoms with Crippen LogP contribution < -0.4 is 18.4 Å². The first-order chi connectivity index (χ1) is 16.0. The van der Waals surface area contributed by atoms with Crippen LogP contribution in [0, 0.1) is 0 Å². The van der Waals surface area contributed by atoms with E-state index >= 15 is 0 Å². The first kappa shape index (κ1) is 20.4. The van der Waals surface area contributed by atoms with Crippen molar-refractivity contribution in [2.45, 2.75) is 30.3 Å². The van der Waals surface area contributed by atoms with Crippen LogP contribution in [0.15, 0.2) is 59.5 Å². The van der Waals surface area contributed by atoms with Gasteiger partial charge in [-0.2, -0.15) is 8.42 Å². The van der Waals surface area contributed by atoms with Crippen LogP contribution in [0.3, 0.4) is 0 Å². The summed E-state index contributed by atoms with van der Waals surface area (Å²) in [5.74, 6) is 2.28. The molecule has 6 rings (SSSR count).